The molecule has 3 N–H and O–H groups in total. The van der Waals surface area contributed by atoms with Gasteiger partial charge < -0.3 is 15.4 Å². The number of carbonyl (C=O) groups excluding carboxylic acids is 2. The summed E-state index contributed by atoms with van der Waals surface area (Å²) in [5.41, 5.74) is 1.53. The number of anilines is 2. The number of halogens is 1. The van der Waals surface area contributed by atoms with Gasteiger partial charge >= 0.3 is 0 Å². The molecule has 32 heavy (non-hydrogen) atoms. The van der Waals surface area contributed by atoms with Crippen LogP contribution >= 0.6 is 23.8 Å². The van der Waals surface area contributed by atoms with Crippen molar-refractivity contribution in [3.05, 3.63) is 53.1 Å². The molecule has 0 saturated carbocycles. The van der Waals surface area contributed by atoms with Gasteiger partial charge in [-0.05, 0) is 67.5 Å². The summed E-state index contributed by atoms with van der Waals surface area (Å²) in [6.07, 6.45) is 5.75. The molecule has 6 nitrogen and oxygen atoms in total. The van der Waals surface area contributed by atoms with Crippen LogP contribution in [0.25, 0.3) is 0 Å². The van der Waals surface area contributed by atoms with E-state index >= 15 is 0 Å². The third-order valence-electron chi connectivity index (χ3n) is 4.59. The number of hydrogen-bond acceptors (Lipinski definition) is 4. The number of ether oxygens (including phenoxy) is 1. The summed E-state index contributed by atoms with van der Waals surface area (Å²) in [5, 5.41) is 8.85. The van der Waals surface area contributed by atoms with Gasteiger partial charge in [0, 0.05) is 17.7 Å². The topological polar surface area (TPSA) is 79.5 Å². The van der Waals surface area contributed by atoms with Crippen molar-refractivity contribution in [2.45, 2.75) is 52.4 Å². The first-order valence-corrected chi connectivity index (χ1v) is 11.7. The Bertz CT molecular complexity index is 919. The van der Waals surface area contributed by atoms with Gasteiger partial charge in [0.2, 0.25) is 5.91 Å². The molecular formula is C24H30ClN3O3S. The van der Waals surface area contributed by atoms with E-state index in [1.807, 2.05) is 6.92 Å². The van der Waals surface area contributed by atoms with Crippen LogP contribution in [0.3, 0.4) is 0 Å². The molecule has 0 radical (unpaired) electrons. The molecule has 0 heterocycles. The van der Waals surface area contributed by atoms with Gasteiger partial charge in [0.25, 0.3) is 5.91 Å². The van der Waals surface area contributed by atoms with Crippen molar-refractivity contribution in [3.63, 3.8) is 0 Å². The lowest BCUT2D eigenvalue weighted by Crippen LogP contribution is -2.34. The molecule has 0 aliphatic rings. The zero-order chi connectivity index (χ0) is 23.3. The van der Waals surface area contributed by atoms with E-state index in [1.54, 1.807) is 42.5 Å². The maximum Gasteiger partial charge on any atom is 0.257 e. The Hall–Kier alpha value is -2.64. The lowest BCUT2D eigenvalue weighted by atomic mass is 10.2. The number of thiocarbonyl (C=S) groups is 1. The monoisotopic (exact) mass is 475 g/mol. The lowest BCUT2D eigenvalue weighted by molar-refractivity contribution is -0.116. The fraction of sp³-hybridized carbons (Fsp3) is 0.375. The summed E-state index contributed by atoms with van der Waals surface area (Å²) in [6, 6.07) is 11.9. The van der Waals surface area contributed by atoms with Crippen molar-refractivity contribution in [2.24, 2.45) is 0 Å². The minimum absolute atomic E-state index is 0.0787. The van der Waals surface area contributed by atoms with Crippen molar-refractivity contribution in [1.82, 2.24) is 5.32 Å². The number of benzene rings is 2. The molecule has 2 aromatic rings. The van der Waals surface area contributed by atoms with Crippen LogP contribution in [0.5, 0.6) is 5.75 Å². The largest absolute Gasteiger partial charge is 0.494 e. The zero-order valence-corrected chi connectivity index (χ0v) is 20.1. The highest BCUT2D eigenvalue weighted by Crippen LogP contribution is 2.25. The van der Waals surface area contributed by atoms with Gasteiger partial charge in [-0.2, -0.15) is 0 Å². The van der Waals surface area contributed by atoms with E-state index in [9.17, 15) is 9.59 Å². The Balaban J connectivity index is 1.88. The molecule has 2 rings (SSSR count). The first kappa shape index (κ1) is 25.6. The van der Waals surface area contributed by atoms with E-state index in [4.69, 9.17) is 28.6 Å². The summed E-state index contributed by atoms with van der Waals surface area (Å²) < 4.78 is 5.70. The van der Waals surface area contributed by atoms with Gasteiger partial charge in [-0.1, -0.05) is 44.7 Å². The van der Waals surface area contributed by atoms with Gasteiger partial charge in [0.15, 0.2) is 5.11 Å². The number of unbranched alkanes of at least 4 members (excludes halogenated alkanes) is 3. The highest BCUT2D eigenvalue weighted by molar-refractivity contribution is 7.80. The van der Waals surface area contributed by atoms with Crippen LogP contribution in [0, 0.1) is 0 Å². The van der Waals surface area contributed by atoms with Crippen molar-refractivity contribution in [3.8, 4) is 5.75 Å². The van der Waals surface area contributed by atoms with Crippen LogP contribution < -0.4 is 20.7 Å². The third kappa shape index (κ3) is 8.85. The summed E-state index contributed by atoms with van der Waals surface area (Å²) in [4.78, 5) is 24.3. The Morgan fingerprint density at radius 3 is 2.41 bits per heavy atom. The maximum absolute atomic E-state index is 12.5. The maximum atomic E-state index is 12.5. The second-order valence-electron chi connectivity index (χ2n) is 7.33. The van der Waals surface area contributed by atoms with E-state index in [0.717, 1.165) is 25.0 Å². The highest BCUT2D eigenvalue weighted by Gasteiger charge is 2.11. The number of hydrogen-bond donors (Lipinski definition) is 3. The molecule has 0 unspecified atom stereocenters. The Morgan fingerprint density at radius 2 is 1.72 bits per heavy atom. The van der Waals surface area contributed by atoms with Crippen LogP contribution in [-0.2, 0) is 4.79 Å². The number of nitrogens with one attached hydrogen (secondary N) is 3. The predicted molar refractivity (Wildman–Crippen MR) is 135 cm³/mol. The van der Waals surface area contributed by atoms with Crippen LogP contribution in [0.15, 0.2) is 42.5 Å². The second-order valence-corrected chi connectivity index (χ2v) is 8.15. The Morgan fingerprint density at radius 1 is 0.969 bits per heavy atom. The molecule has 2 amide bonds. The smallest absolute Gasteiger partial charge is 0.257 e. The average molecular weight is 476 g/mol. The standard InChI is InChI=1S/C24H30ClN3O3S/c1-3-5-6-7-15-31-19-12-9-17(10-13-19)23(30)28-24(32)27-21-16-18(11-14-20(21)25)26-22(29)8-4-2/h9-14,16H,3-8,15H2,1-2H3,(H,26,29)(H2,27,28,30,32). The van der Waals surface area contributed by atoms with Gasteiger partial charge in [-0.3, -0.25) is 14.9 Å². The van der Waals surface area contributed by atoms with E-state index in [2.05, 4.69) is 22.9 Å². The van der Waals surface area contributed by atoms with Crippen molar-refractivity contribution in [2.75, 3.05) is 17.2 Å². The zero-order valence-electron chi connectivity index (χ0n) is 18.5. The predicted octanol–water partition coefficient (Wildman–Crippen LogP) is 6.16. The minimum Gasteiger partial charge on any atom is -0.494 e. The molecule has 0 bridgehead atoms. The van der Waals surface area contributed by atoms with Gasteiger partial charge in [0.05, 0.1) is 17.3 Å². The first-order chi connectivity index (χ1) is 15.4. The fourth-order valence-electron chi connectivity index (χ4n) is 2.90. The summed E-state index contributed by atoms with van der Waals surface area (Å²) in [7, 11) is 0. The summed E-state index contributed by atoms with van der Waals surface area (Å²) in [5.74, 6) is 0.304. The first-order valence-electron chi connectivity index (χ1n) is 10.9. The van der Waals surface area contributed by atoms with E-state index in [1.165, 1.54) is 12.8 Å². The van der Waals surface area contributed by atoms with Crippen LogP contribution in [0.4, 0.5) is 11.4 Å². The highest BCUT2D eigenvalue weighted by atomic mass is 35.5. The van der Waals surface area contributed by atoms with E-state index in [0.29, 0.717) is 35.0 Å². The number of rotatable bonds is 11. The van der Waals surface area contributed by atoms with E-state index < -0.39 is 0 Å². The van der Waals surface area contributed by atoms with Crippen LogP contribution in [-0.4, -0.2) is 23.5 Å². The molecule has 8 heteroatoms. The molecule has 0 fully saturated rings. The van der Waals surface area contributed by atoms with Gasteiger partial charge in [0.1, 0.15) is 5.75 Å². The number of amides is 2. The molecule has 0 aromatic heterocycles. The fourth-order valence-corrected chi connectivity index (χ4v) is 3.27. The van der Waals surface area contributed by atoms with Gasteiger partial charge in [-0.25, -0.2) is 0 Å². The molecule has 0 aliphatic heterocycles. The molecule has 0 atom stereocenters. The Labute approximate surface area is 200 Å². The summed E-state index contributed by atoms with van der Waals surface area (Å²) in [6.45, 7) is 4.77. The van der Waals surface area contributed by atoms with Crippen molar-refractivity contribution >= 4 is 52.1 Å². The third-order valence-corrected chi connectivity index (χ3v) is 5.12. The van der Waals surface area contributed by atoms with Crippen molar-refractivity contribution in [1.29, 1.82) is 0 Å². The van der Waals surface area contributed by atoms with Crippen LogP contribution in [0.2, 0.25) is 5.02 Å². The minimum atomic E-state index is -0.347. The lowest BCUT2D eigenvalue weighted by Gasteiger charge is -2.13. The summed E-state index contributed by atoms with van der Waals surface area (Å²) >= 11 is 11.5. The molecule has 0 saturated heterocycles. The second kappa shape index (κ2) is 13.7. The molecule has 172 valence electrons. The molecular weight excluding hydrogens is 446 g/mol. The van der Waals surface area contributed by atoms with Gasteiger partial charge in [-0.15, -0.1) is 0 Å². The molecule has 2 aromatic carbocycles. The molecule has 0 aliphatic carbocycles. The van der Waals surface area contributed by atoms with E-state index in [-0.39, 0.29) is 16.9 Å². The van der Waals surface area contributed by atoms with Crippen LogP contribution in [0.1, 0.15) is 62.7 Å². The average Bonchev–Trinajstić information content (AvgIpc) is 2.76. The number of carbonyl (C=O) groups is 2. The quantitative estimate of drug-likeness (QED) is 0.267. The normalized spacial score (nSPS) is 10.3. The Kier molecular flexibility index (Phi) is 11.0. The molecule has 0 spiro atoms. The SMILES string of the molecule is CCCCCCOc1ccc(C(=O)NC(=S)Nc2cc(NC(=O)CCC)ccc2Cl)cc1. The van der Waals surface area contributed by atoms with Crippen molar-refractivity contribution < 1.29 is 14.3 Å².